The molecule has 5 heteroatoms. The highest BCUT2D eigenvalue weighted by molar-refractivity contribution is 6.13. The number of nitrogens with zero attached hydrogens (tertiary/aromatic N) is 1. The monoisotopic (exact) mass is 411 g/mol. The van der Waals surface area contributed by atoms with Crippen molar-refractivity contribution < 1.29 is 9.53 Å². The molecule has 31 heavy (non-hydrogen) atoms. The molecule has 0 unspecified atom stereocenters. The third kappa shape index (κ3) is 4.51. The van der Waals surface area contributed by atoms with Crippen molar-refractivity contribution in [3.8, 4) is 5.75 Å². The number of hydrogen-bond acceptors (Lipinski definition) is 4. The summed E-state index contributed by atoms with van der Waals surface area (Å²) in [6, 6.07) is 25.7. The molecule has 0 bridgehead atoms. The molecule has 0 aliphatic rings. The Hall–Kier alpha value is -3.86. The second kappa shape index (κ2) is 9.30. The molecule has 0 radical (unpaired) electrons. The number of hydrazone groups is 1. The maximum Gasteiger partial charge on any atom is 0.262 e. The van der Waals surface area contributed by atoms with Crippen molar-refractivity contribution in [2.24, 2.45) is 5.10 Å². The van der Waals surface area contributed by atoms with E-state index in [4.69, 9.17) is 4.74 Å². The third-order valence-electron chi connectivity index (χ3n) is 5.34. The first-order valence-corrected chi connectivity index (χ1v) is 10.3. The number of benzene rings is 4. The van der Waals surface area contributed by atoms with Gasteiger partial charge in [0.15, 0.2) is 0 Å². The zero-order chi connectivity index (χ0) is 21.6. The average Bonchev–Trinajstić information content (AvgIpc) is 2.82. The Bertz CT molecular complexity index is 1180. The van der Waals surface area contributed by atoms with Gasteiger partial charge in [0.1, 0.15) is 11.8 Å². The topological polar surface area (TPSA) is 62.7 Å². The van der Waals surface area contributed by atoms with E-state index in [1.165, 1.54) is 0 Å². The van der Waals surface area contributed by atoms with Crippen LogP contribution in [-0.2, 0) is 4.79 Å². The largest absolute Gasteiger partial charge is 0.497 e. The van der Waals surface area contributed by atoms with Crippen LogP contribution in [0.25, 0.3) is 21.5 Å². The highest BCUT2D eigenvalue weighted by atomic mass is 16.5. The van der Waals surface area contributed by atoms with Crippen LogP contribution < -0.4 is 15.5 Å². The Morgan fingerprint density at radius 2 is 1.58 bits per heavy atom. The molecule has 2 N–H and O–H groups in total. The average molecular weight is 412 g/mol. The summed E-state index contributed by atoms with van der Waals surface area (Å²) >= 11 is 0. The van der Waals surface area contributed by atoms with Crippen molar-refractivity contribution >= 4 is 39.4 Å². The molecule has 1 amide bonds. The minimum absolute atomic E-state index is 0.181. The normalized spacial score (nSPS) is 12.2. The molecule has 0 heterocycles. The maximum atomic E-state index is 12.7. The van der Waals surface area contributed by atoms with E-state index in [0.717, 1.165) is 38.5 Å². The molecule has 0 aliphatic heterocycles. The van der Waals surface area contributed by atoms with E-state index in [-0.39, 0.29) is 5.91 Å². The Balaban J connectivity index is 1.54. The molecule has 4 aromatic carbocycles. The Kier molecular flexibility index (Phi) is 6.13. The van der Waals surface area contributed by atoms with Crippen molar-refractivity contribution in [2.75, 3.05) is 12.4 Å². The molecule has 0 aliphatic carbocycles. The fraction of sp³-hybridized carbons (Fsp3) is 0.154. The van der Waals surface area contributed by atoms with Crippen LogP contribution in [0.3, 0.4) is 0 Å². The SMILES string of the molecule is CC[C@@H](Nc1ccc(OC)cc1)C(=O)NN=Cc1c2ccccc2cc2ccccc12. The summed E-state index contributed by atoms with van der Waals surface area (Å²) in [6.45, 7) is 1.96. The van der Waals surface area contributed by atoms with Crippen molar-refractivity contribution in [1.82, 2.24) is 5.43 Å². The Labute approximate surface area is 181 Å². The molecule has 1 atom stereocenters. The standard InChI is InChI=1S/C26H25N3O2/c1-3-25(28-20-12-14-21(31-2)15-13-20)26(30)29-27-17-24-22-10-6-4-8-18(22)16-19-9-5-7-11-23(19)24/h4-17,25,28H,3H2,1-2H3,(H,29,30)/t25-/m1/s1. The van der Waals surface area contributed by atoms with E-state index < -0.39 is 6.04 Å². The number of carbonyl (C=O) groups excluding carboxylic acids is 1. The van der Waals surface area contributed by atoms with E-state index in [1.807, 2.05) is 55.5 Å². The van der Waals surface area contributed by atoms with E-state index >= 15 is 0 Å². The molecular formula is C26H25N3O2. The first kappa shape index (κ1) is 20.4. The molecule has 0 saturated carbocycles. The van der Waals surface area contributed by atoms with Gasteiger partial charge in [-0.05, 0) is 58.3 Å². The van der Waals surface area contributed by atoms with Crippen molar-refractivity contribution in [1.29, 1.82) is 0 Å². The molecule has 0 saturated heterocycles. The van der Waals surface area contributed by atoms with Gasteiger partial charge in [0.25, 0.3) is 5.91 Å². The van der Waals surface area contributed by atoms with E-state index in [2.05, 4.69) is 46.2 Å². The van der Waals surface area contributed by atoms with Gasteiger partial charge in [0.2, 0.25) is 0 Å². The minimum atomic E-state index is -0.394. The number of rotatable bonds is 7. The van der Waals surface area contributed by atoms with Gasteiger partial charge in [-0.25, -0.2) is 5.43 Å². The number of carbonyl (C=O) groups is 1. The van der Waals surface area contributed by atoms with Gasteiger partial charge in [-0.1, -0.05) is 55.5 Å². The number of methoxy groups -OCH3 is 1. The quantitative estimate of drug-likeness (QED) is 0.245. The highest BCUT2D eigenvalue weighted by Gasteiger charge is 2.15. The maximum absolute atomic E-state index is 12.7. The lowest BCUT2D eigenvalue weighted by atomic mass is 9.97. The van der Waals surface area contributed by atoms with E-state index in [9.17, 15) is 4.79 Å². The number of amides is 1. The lowest BCUT2D eigenvalue weighted by molar-refractivity contribution is -0.121. The lowest BCUT2D eigenvalue weighted by Crippen LogP contribution is -2.36. The predicted octanol–water partition coefficient (Wildman–Crippen LogP) is 5.34. The number of ether oxygens (including phenoxy) is 1. The molecule has 0 spiro atoms. The smallest absolute Gasteiger partial charge is 0.262 e. The second-order valence-electron chi connectivity index (χ2n) is 7.30. The van der Waals surface area contributed by atoms with Crippen LogP contribution in [0, 0.1) is 0 Å². The van der Waals surface area contributed by atoms with Crippen molar-refractivity contribution in [3.05, 3.63) is 84.4 Å². The molecule has 0 fully saturated rings. The van der Waals surface area contributed by atoms with Crippen molar-refractivity contribution in [2.45, 2.75) is 19.4 Å². The molecule has 156 valence electrons. The van der Waals surface area contributed by atoms with Crippen LogP contribution in [0.2, 0.25) is 0 Å². The van der Waals surface area contributed by atoms with Crippen LogP contribution in [-0.4, -0.2) is 25.3 Å². The number of fused-ring (bicyclic) bond motifs is 2. The number of anilines is 1. The Morgan fingerprint density at radius 3 is 2.16 bits per heavy atom. The Morgan fingerprint density at radius 1 is 0.968 bits per heavy atom. The summed E-state index contributed by atoms with van der Waals surface area (Å²) in [6.07, 6.45) is 2.37. The molecular weight excluding hydrogens is 386 g/mol. The van der Waals surface area contributed by atoms with Gasteiger partial charge in [0.05, 0.1) is 13.3 Å². The minimum Gasteiger partial charge on any atom is -0.497 e. The summed E-state index contributed by atoms with van der Waals surface area (Å²) in [5.74, 6) is 0.592. The van der Waals surface area contributed by atoms with Gasteiger partial charge in [-0.15, -0.1) is 0 Å². The van der Waals surface area contributed by atoms with Crippen LogP contribution in [0.4, 0.5) is 5.69 Å². The fourth-order valence-electron chi connectivity index (χ4n) is 3.67. The van der Waals surface area contributed by atoms with Gasteiger partial charge in [-0.3, -0.25) is 4.79 Å². The lowest BCUT2D eigenvalue weighted by Gasteiger charge is -2.16. The van der Waals surface area contributed by atoms with Crippen LogP contribution in [0.15, 0.2) is 84.0 Å². The van der Waals surface area contributed by atoms with Gasteiger partial charge in [0, 0.05) is 11.3 Å². The van der Waals surface area contributed by atoms with Crippen LogP contribution >= 0.6 is 0 Å². The fourth-order valence-corrected chi connectivity index (χ4v) is 3.67. The first-order chi connectivity index (χ1) is 15.2. The summed E-state index contributed by atoms with van der Waals surface area (Å²) in [4.78, 5) is 12.7. The molecule has 4 aromatic rings. The summed E-state index contributed by atoms with van der Waals surface area (Å²) < 4.78 is 5.18. The first-order valence-electron chi connectivity index (χ1n) is 10.3. The summed E-state index contributed by atoms with van der Waals surface area (Å²) in [7, 11) is 1.63. The van der Waals surface area contributed by atoms with E-state index in [1.54, 1.807) is 13.3 Å². The highest BCUT2D eigenvalue weighted by Crippen LogP contribution is 2.27. The van der Waals surface area contributed by atoms with Gasteiger partial charge < -0.3 is 10.1 Å². The van der Waals surface area contributed by atoms with Crippen LogP contribution in [0.5, 0.6) is 5.75 Å². The third-order valence-corrected chi connectivity index (χ3v) is 5.34. The van der Waals surface area contributed by atoms with Gasteiger partial charge in [-0.2, -0.15) is 5.10 Å². The van der Waals surface area contributed by atoms with E-state index in [0.29, 0.717) is 6.42 Å². The molecule has 5 nitrogen and oxygen atoms in total. The predicted molar refractivity (Wildman–Crippen MR) is 128 cm³/mol. The second-order valence-corrected chi connectivity index (χ2v) is 7.30. The molecule has 4 rings (SSSR count). The van der Waals surface area contributed by atoms with Gasteiger partial charge >= 0.3 is 0 Å². The van der Waals surface area contributed by atoms with Crippen molar-refractivity contribution in [3.63, 3.8) is 0 Å². The zero-order valence-electron chi connectivity index (χ0n) is 17.6. The number of hydrogen-bond donors (Lipinski definition) is 2. The molecule has 0 aromatic heterocycles. The van der Waals surface area contributed by atoms with Crippen LogP contribution in [0.1, 0.15) is 18.9 Å². The summed E-state index contributed by atoms with van der Waals surface area (Å²) in [5, 5.41) is 12.0. The number of nitrogens with one attached hydrogen (secondary N) is 2. The zero-order valence-corrected chi connectivity index (χ0v) is 17.6. The summed E-state index contributed by atoms with van der Waals surface area (Å²) in [5.41, 5.74) is 4.54.